The molecule has 0 aliphatic heterocycles. The second-order valence-corrected chi connectivity index (χ2v) is 2.78. The Hall–Kier alpha value is -1.42. The number of fused-ring (bicyclic) bond motifs is 1. The van der Waals surface area contributed by atoms with Crippen LogP contribution in [0.3, 0.4) is 0 Å². The third-order valence-electron chi connectivity index (χ3n) is 1.70. The van der Waals surface area contributed by atoms with Crippen molar-refractivity contribution >= 4 is 22.4 Å². The normalized spacial score (nSPS) is 10.3. The largest absolute Gasteiger partial charge is 0.479 e. The van der Waals surface area contributed by atoms with Crippen molar-refractivity contribution < 1.29 is 4.74 Å². The Bertz CT molecular complexity index is 446. The Labute approximate surface area is 79.5 Å². The number of hydrogen-bond donors (Lipinski definition) is 0. The van der Waals surface area contributed by atoms with Crippen molar-refractivity contribution in [2.45, 2.75) is 0 Å². The summed E-state index contributed by atoms with van der Waals surface area (Å²) in [6, 6.07) is 1.77. The zero-order valence-corrected chi connectivity index (χ0v) is 7.62. The van der Waals surface area contributed by atoms with Crippen LogP contribution in [0.25, 0.3) is 10.8 Å². The van der Waals surface area contributed by atoms with Crippen molar-refractivity contribution in [1.82, 2.24) is 15.2 Å². The molecule has 2 heterocycles. The third-order valence-corrected chi connectivity index (χ3v) is 1.97. The number of methoxy groups -OCH3 is 1. The summed E-state index contributed by atoms with van der Waals surface area (Å²) in [7, 11) is 1.53. The highest BCUT2D eigenvalue weighted by Gasteiger charge is 2.06. The van der Waals surface area contributed by atoms with Gasteiger partial charge in [0.05, 0.1) is 12.5 Å². The number of pyridine rings is 1. The molecule has 5 heteroatoms. The van der Waals surface area contributed by atoms with Crippen LogP contribution < -0.4 is 4.74 Å². The van der Waals surface area contributed by atoms with Gasteiger partial charge >= 0.3 is 0 Å². The van der Waals surface area contributed by atoms with Crippen molar-refractivity contribution in [1.29, 1.82) is 0 Å². The van der Waals surface area contributed by atoms with E-state index in [9.17, 15) is 0 Å². The first-order chi connectivity index (χ1) is 6.33. The Morgan fingerprint density at radius 1 is 1.31 bits per heavy atom. The van der Waals surface area contributed by atoms with Gasteiger partial charge in [0.15, 0.2) is 5.15 Å². The van der Waals surface area contributed by atoms with Crippen molar-refractivity contribution in [3.05, 3.63) is 23.6 Å². The Morgan fingerprint density at radius 2 is 2.15 bits per heavy atom. The topological polar surface area (TPSA) is 47.9 Å². The van der Waals surface area contributed by atoms with Gasteiger partial charge in [-0.2, -0.15) is 0 Å². The van der Waals surface area contributed by atoms with E-state index in [0.29, 0.717) is 11.0 Å². The minimum Gasteiger partial charge on any atom is -0.479 e. The fraction of sp³-hybridized carbons (Fsp3) is 0.125. The first kappa shape index (κ1) is 8.19. The van der Waals surface area contributed by atoms with Crippen molar-refractivity contribution in [2.75, 3.05) is 7.11 Å². The highest BCUT2D eigenvalue weighted by atomic mass is 35.5. The van der Waals surface area contributed by atoms with Crippen molar-refractivity contribution in [2.24, 2.45) is 0 Å². The third kappa shape index (κ3) is 1.29. The van der Waals surface area contributed by atoms with Gasteiger partial charge in [-0.1, -0.05) is 11.6 Å². The molecule has 13 heavy (non-hydrogen) atoms. The first-order valence-electron chi connectivity index (χ1n) is 3.63. The molecule has 2 aromatic heterocycles. The van der Waals surface area contributed by atoms with Crippen LogP contribution in [-0.2, 0) is 0 Å². The lowest BCUT2D eigenvalue weighted by molar-refractivity contribution is 0.397. The fourth-order valence-corrected chi connectivity index (χ4v) is 1.30. The average Bonchev–Trinajstić information content (AvgIpc) is 2.19. The lowest BCUT2D eigenvalue weighted by Crippen LogP contribution is -1.93. The molecule has 0 radical (unpaired) electrons. The zero-order chi connectivity index (χ0) is 9.26. The van der Waals surface area contributed by atoms with E-state index in [1.807, 2.05) is 0 Å². The fourth-order valence-electron chi connectivity index (χ4n) is 1.09. The molecule has 0 bridgehead atoms. The van der Waals surface area contributed by atoms with Crippen LogP contribution in [0.15, 0.2) is 18.5 Å². The van der Waals surface area contributed by atoms with Crippen LogP contribution in [0.5, 0.6) is 5.88 Å². The minimum absolute atomic E-state index is 0.359. The number of rotatable bonds is 1. The number of hydrogen-bond acceptors (Lipinski definition) is 4. The Balaban J connectivity index is 2.84. The van der Waals surface area contributed by atoms with E-state index < -0.39 is 0 Å². The number of aromatic nitrogens is 3. The van der Waals surface area contributed by atoms with E-state index in [-0.39, 0.29) is 0 Å². The van der Waals surface area contributed by atoms with Crippen molar-refractivity contribution in [3.8, 4) is 5.88 Å². The molecule has 0 spiro atoms. The average molecular weight is 196 g/mol. The lowest BCUT2D eigenvalue weighted by Gasteiger charge is -2.02. The number of ether oxygens (including phenoxy) is 1. The summed E-state index contributed by atoms with van der Waals surface area (Å²) >= 11 is 5.83. The van der Waals surface area contributed by atoms with Gasteiger partial charge in [-0.25, -0.2) is 0 Å². The van der Waals surface area contributed by atoms with Gasteiger partial charge in [-0.05, 0) is 6.07 Å². The molecule has 0 saturated carbocycles. The van der Waals surface area contributed by atoms with Gasteiger partial charge in [0.25, 0.3) is 0 Å². The lowest BCUT2D eigenvalue weighted by atomic mass is 10.2. The molecule has 0 aromatic carbocycles. The maximum Gasteiger partial charge on any atom is 0.242 e. The molecule has 2 rings (SSSR count). The van der Waals surface area contributed by atoms with Crippen LogP contribution in [0.2, 0.25) is 5.15 Å². The van der Waals surface area contributed by atoms with E-state index in [1.54, 1.807) is 18.5 Å². The number of halogens is 1. The van der Waals surface area contributed by atoms with Gasteiger partial charge in [0, 0.05) is 17.8 Å². The molecule has 4 nitrogen and oxygen atoms in total. The Morgan fingerprint density at radius 3 is 2.92 bits per heavy atom. The molecule has 0 aliphatic rings. The van der Waals surface area contributed by atoms with Crippen LogP contribution in [0.4, 0.5) is 0 Å². The molecule has 0 fully saturated rings. The summed E-state index contributed by atoms with van der Waals surface area (Å²) in [5.41, 5.74) is 0. The van der Waals surface area contributed by atoms with Crippen LogP contribution in [-0.4, -0.2) is 22.3 Å². The molecular formula is C8H6ClN3O. The highest BCUT2D eigenvalue weighted by molar-refractivity contribution is 6.34. The molecule has 0 amide bonds. The van der Waals surface area contributed by atoms with E-state index in [0.717, 1.165) is 10.8 Å². The second kappa shape index (κ2) is 3.14. The van der Waals surface area contributed by atoms with Gasteiger partial charge in [0.2, 0.25) is 5.88 Å². The molecule has 0 aliphatic carbocycles. The summed E-state index contributed by atoms with van der Waals surface area (Å²) in [5, 5.41) is 9.44. The summed E-state index contributed by atoms with van der Waals surface area (Å²) in [4.78, 5) is 3.96. The van der Waals surface area contributed by atoms with E-state index >= 15 is 0 Å². The molecule has 0 N–H and O–H groups in total. The maximum absolute atomic E-state index is 5.83. The van der Waals surface area contributed by atoms with Gasteiger partial charge in [0.1, 0.15) is 0 Å². The zero-order valence-electron chi connectivity index (χ0n) is 6.86. The summed E-state index contributed by atoms with van der Waals surface area (Å²) in [6.45, 7) is 0. The predicted molar refractivity (Wildman–Crippen MR) is 48.9 cm³/mol. The van der Waals surface area contributed by atoms with Gasteiger partial charge in [-0.15, -0.1) is 10.2 Å². The molecule has 0 unspecified atom stereocenters. The highest BCUT2D eigenvalue weighted by Crippen LogP contribution is 2.25. The summed E-state index contributed by atoms with van der Waals surface area (Å²) in [5.74, 6) is 0.438. The molecule has 2 aromatic rings. The van der Waals surface area contributed by atoms with Crippen LogP contribution in [0, 0.1) is 0 Å². The van der Waals surface area contributed by atoms with E-state index in [2.05, 4.69) is 15.2 Å². The van der Waals surface area contributed by atoms with Gasteiger partial charge in [-0.3, -0.25) is 4.98 Å². The van der Waals surface area contributed by atoms with Crippen molar-refractivity contribution in [3.63, 3.8) is 0 Å². The standard InChI is InChI=1S/C8H6ClN3O/c1-13-8-6-4-10-3-2-5(6)7(9)11-12-8/h2-4H,1H3. The van der Waals surface area contributed by atoms with Crippen LogP contribution in [0.1, 0.15) is 0 Å². The molecule has 0 atom stereocenters. The predicted octanol–water partition coefficient (Wildman–Crippen LogP) is 1.69. The Kier molecular flexibility index (Phi) is 1.98. The first-order valence-corrected chi connectivity index (χ1v) is 4.00. The molecular weight excluding hydrogens is 190 g/mol. The summed E-state index contributed by atoms with van der Waals surface area (Å²) < 4.78 is 5.01. The van der Waals surface area contributed by atoms with Crippen LogP contribution >= 0.6 is 11.6 Å². The monoisotopic (exact) mass is 195 g/mol. The van der Waals surface area contributed by atoms with Gasteiger partial charge < -0.3 is 4.74 Å². The second-order valence-electron chi connectivity index (χ2n) is 2.42. The molecule has 0 saturated heterocycles. The SMILES string of the molecule is COc1nnc(Cl)c2ccncc12. The smallest absolute Gasteiger partial charge is 0.242 e. The minimum atomic E-state index is 0.359. The maximum atomic E-state index is 5.83. The molecule has 66 valence electrons. The number of nitrogens with zero attached hydrogens (tertiary/aromatic N) is 3. The van der Waals surface area contributed by atoms with E-state index in [1.165, 1.54) is 7.11 Å². The van der Waals surface area contributed by atoms with E-state index in [4.69, 9.17) is 16.3 Å². The quantitative estimate of drug-likeness (QED) is 0.695. The summed E-state index contributed by atoms with van der Waals surface area (Å²) in [6.07, 6.45) is 3.30.